The second kappa shape index (κ2) is 16.9. The van der Waals surface area contributed by atoms with Gasteiger partial charge in [-0.3, -0.25) is 20.2 Å². The van der Waals surface area contributed by atoms with Crippen LogP contribution in [0.4, 0.5) is 0 Å². The second-order valence-electron chi connectivity index (χ2n) is 6.09. The molecule has 0 rings (SSSR count). The first-order valence-electron chi connectivity index (χ1n) is 9.43. The number of unbranched alkanes of at least 4 members (excludes halogenated alkanes) is 5. The lowest BCUT2D eigenvalue weighted by Crippen LogP contribution is -2.06. The zero-order chi connectivity index (χ0) is 20.3. The van der Waals surface area contributed by atoms with Crippen molar-refractivity contribution in [3.8, 4) is 0 Å². The van der Waals surface area contributed by atoms with Crippen molar-refractivity contribution in [2.75, 3.05) is 0 Å². The molecule has 27 heavy (non-hydrogen) atoms. The molecule has 0 aliphatic rings. The highest BCUT2D eigenvalue weighted by atomic mass is 16.6. The van der Waals surface area contributed by atoms with Gasteiger partial charge in [-0.25, -0.2) is 0 Å². The van der Waals surface area contributed by atoms with Crippen LogP contribution in [0.15, 0.2) is 47.9 Å². The lowest BCUT2D eigenvalue weighted by molar-refractivity contribution is -0.450. The van der Waals surface area contributed by atoms with Gasteiger partial charge >= 0.3 is 0 Å². The molecule has 0 N–H and O–H groups in total. The molecule has 7 nitrogen and oxygen atoms in total. The van der Waals surface area contributed by atoms with Gasteiger partial charge in [0, 0.05) is 6.42 Å². The third kappa shape index (κ3) is 14.3. The Morgan fingerprint density at radius 2 is 1.30 bits per heavy atom. The molecule has 0 amide bonds. The van der Waals surface area contributed by atoms with E-state index >= 15 is 0 Å². The third-order valence-electron chi connectivity index (χ3n) is 3.81. The maximum Gasteiger partial charge on any atom is 0.253 e. The Morgan fingerprint density at radius 1 is 0.778 bits per heavy atom. The molecule has 0 aromatic carbocycles. The van der Waals surface area contributed by atoms with Gasteiger partial charge in [0.15, 0.2) is 0 Å². The van der Waals surface area contributed by atoms with Crippen LogP contribution in [0.3, 0.4) is 0 Å². The van der Waals surface area contributed by atoms with Crippen molar-refractivity contribution in [1.82, 2.24) is 0 Å². The van der Waals surface area contributed by atoms with Crippen LogP contribution in [0, 0.1) is 20.2 Å². The molecule has 0 radical (unpaired) electrons. The number of aldehydes is 1. The zero-order valence-electron chi connectivity index (χ0n) is 16.0. The highest BCUT2D eigenvalue weighted by Crippen LogP contribution is 2.15. The minimum Gasteiger partial charge on any atom is -0.303 e. The predicted octanol–water partition coefficient (Wildman–Crippen LogP) is 5.54. The zero-order valence-corrected chi connectivity index (χ0v) is 16.0. The van der Waals surface area contributed by atoms with Crippen molar-refractivity contribution in [2.45, 2.75) is 71.1 Å². The fourth-order valence-electron chi connectivity index (χ4n) is 2.28. The molecule has 0 aromatic heterocycles. The number of carbonyl (C=O) groups excluding carboxylic acids is 1. The van der Waals surface area contributed by atoms with E-state index in [0.717, 1.165) is 44.8 Å². The van der Waals surface area contributed by atoms with Gasteiger partial charge in [0.1, 0.15) is 12.7 Å². The number of nitrogens with zero attached hydrogens (tertiary/aromatic N) is 2. The highest BCUT2D eigenvalue weighted by Gasteiger charge is 2.20. The standard InChI is InChI=1S/C20H30N2O5/c1-2-3-4-5-6-9-12-15-19(21(24)25)18-20(22(26)27)16-13-10-7-8-11-14-17-23/h6-7,9-10,15-17H,2-5,8,11-14,18H2,1H3/b9-6-,10-7-,19-15+,20-16+. The number of nitro groups is 2. The van der Waals surface area contributed by atoms with Gasteiger partial charge in [0.25, 0.3) is 11.4 Å². The summed E-state index contributed by atoms with van der Waals surface area (Å²) < 4.78 is 0. The monoisotopic (exact) mass is 378 g/mol. The Hall–Kier alpha value is -2.57. The SMILES string of the molecule is CCCCC/C=C\C/C=C(\C/C(=C\C/C=C\CCCC=O)[N+](=O)[O-])[N+](=O)[O-]. The summed E-state index contributed by atoms with van der Waals surface area (Å²) in [7, 11) is 0. The molecule has 0 aliphatic heterocycles. The highest BCUT2D eigenvalue weighted by molar-refractivity contribution is 5.49. The Kier molecular flexibility index (Phi) is 15.3. The number of carbonyl (C=O) groups is 1. The summed E-state index contributed by atoms with van der Waals surface area (Å²) >= 11 is 0. The molecule has 0 aliphatic carbocycles. The first-order valence-corrected chi connectivity index (χ1v) is 9.43. The van der Waals surface area contributed by atoms with Crippen molar-refractivity contribution in [3.63, 3.8) is 0 Å². The first kappa shape index (κ1) is 24.4. The van der Waals surface area contributed by atoms with Crippen molar-refractivity contribution >= 4 is 6.29 Å². The fraction of sp³-hybridized carbons (Fsp3) is 0.550. The lowest BCUT2D eigenvalue weighted by atomic mass is 10.1. The summed E-state index contributed by atoms with van der Waals surface area (Å²) in [6.45, 7) is 2.12. The van der Waals surface area contributed by atoms with Gasteiger partial charge in [-0.1, -0.05) is 44.1 Å². The average Bonchev–Trinajstić information content (AvgIpc) is 2.63. The average molecular weight is 378 g/mol. The molecular weight excluding hydrogens is 348 g/mol. The van der Waals surface area contributed by atoms with E-state index in [-0.39, 0.29) is 17.8 Å². The summed E-state index contributed by atoms with van der Waals surface area (Å²) in [5.41, 5.74) is -0.339. The van der Waals surface area contributed by atoms with E-state index in [1.807, 2.05) is 18.2 Å². The van der Waals surface area contributed by atoms with Crippen LogP contribution in [0.1, 0.15) is 71.1 Å². The van der Waals surface area contributed by atoms with Crippen molar-refractivity contribution in [2.24, 2.45) is 0 Å². The van der Waals surface area contributed by atoms with E-state index in [4.69, 9.17) is 0 Å². The lowest BCUT2D eigenvalue weighted by Gasteiger charge is -1.98. The minimum atomic E-state index is -0.571. The van der Waals surface area contributed by atoms with E-state index in [1.54, 1.807) is 6.08 Å². The molecule has 0 spiro atoms. The van der Waals surface area contributed by atoms with Crippen LogP contribution in [-0.2, 0) is 4.79 Å². The fourth-order valence-corrected chi connectivity index (χ4v) is 2.28. The topological polar surface area (TPSA) is 103 Å². The van der Waals surface area contributed by atoms with Crippen LogP contribution >= 0.6 is 0 Å². The third-order valence-corrected chi connectivity index (χ3v) is 3.81. The van der Waals surface area contributed by atoms with E-state index in [2.05, 4.69) is 6.92 Å². The molecule has 0 saturated heterocycles. The van der Waals surface area contributed by atoms with E-state index < -0.39 is 9.85 Å². The maximum absolute atomic E-state index is 11.2. The van der Waals surface area contributed by atoms with Crippen LogP contribution in [0.2, 0.25) is 0 Å². The summed E-state index contributed by atoms with van der Waals surface area (Å²) in [6.07, 6.45) is 17.9. The van der Waals surface area contributed by atoms with Crippen molar-refractivity contribution in [1.29, 1.82) is 0 Å². The van der Waals surface area contributed by atoms with E-state index in [0.29, 0.717) is 19.3 Å². The normalized spacial score (nSPS) is 12.8. The molecule has 0 heterocycles. The number of allylic oxidation sites excluding steroid dienone is 6. The smallest absolute Gasteiger partial charge is 0.253 e. The van der Waals surface area contributed by atoms with Gasteiger partial charge in [0.05, 0.1) is 9.85 Å². The maximum atomic E-state index is 11.2. The van der Waals surface area contributed by atoms with Gasteiger partial charge in [-0.05, 0) is 50.7 Å². The van der Waals surface area contributed by atoms with Crippen LogP contribution in [-0.4, -0.2) is 16.1 Å². The summed E-state index contributed by atoms with van der Waals surface area (Å²) in [5, 5.41) is 22.3. The number of hydrogen-bond acceptors (Lipinski definition) is 5. The van der Waals surface area contributed by atoms with Crippen molar-refractivity contribution < 1.29 is 14.6 Å². The van der Waals surface area contributed by atoms with Crippen LogP contribution in [0.5, 0.6) is 0 Å². The molecule has 0 bridgehead atoms. The molecule has 150 valence electrons. The second-order valence-corrected chi connectivity index (χ2v) is 6.09. The molecule has 0 saturated carbocycles. The largest absolute Gasteiger partial charge is 0.303 e. The number of hydrogen-bond donors (Lipinski definition) is 0. The number of rotatable bonds is 16. The molecule has 0 fully saturated rings. The molecule has 0 atom stereocenters. The molecule has 0 aromatic rings. The van der Waals surface area contributed by atoms with Gasteiger partial charge in [0.2, 0.25) is 0 Å². The molecule has 0 unspecified atom stereocenters. The minimum absolute atomic E-state index is 0.161. The van der Waals surface area contributed by atoms with Crippen molar-refractivity contribution in [3.05, 3.63) is 68.1 Å². The van der Waals surface area contributed by atoms with Crippen LogP contribution < -0.4 is 0 Å². The Labute approximate surface area is 160 Å². The first-order chi connectivity index (χ1) is 13.0. The molecule has 7 heteroatoms. The van der Waals surface area contributed by atoms with Gasteiger partial charge in [-0.15, -0.1) is 0 Å². The quantitative estimate of drug-likeness (QED) is 0.115. The van der Waals surface area contributed by atoms with Crippen LogP contribution in [0.25, 0.3) is 0 Å². The Morgan fingerprint density at radius 3 is 1.74 bits per heavy atom. The summed E-state index contributed by atoms with van der Waals surface area (Å²) in [5.74, 6) is 0. The Balaban J connectivity index is 4.66. The van der Waals surface area contributed by atoms with Gasteiger partial charge in [-0.2, -0.15) is 0 Å². The van der Waals surface area contributed by atoms with E-state index in [9.17, 15) is 25.0 Å². The molecular formula is C20H30N2O5. The Bertz CT molecular complexity index is 577. The van der Waals surface area contributed by atoms with Gasteiger partial charge < -0.3 is 4.79 Å². The predicted molar refractivity (Wildman–Crippen MR) is 106 cm³/mol. The summed E-state index contributed by atoms with van der Waals surface area (Å²) in [6, 6.07) is 0. The summed E-state index contributed by atoms with van der Waals surface area (Å²) in [4.78, 5) is 31.4. The van der Waals surface area contributed by atoms with E-state index in [1.165, 1.54) is 12.2 Å².